The highest BCUT2D eigenvalue weighted by Crippen LogP contribution is 2.50. The maximum absolute atomic E-state index is 14.4. The van der Waals surface area contributed by atoms with Crippen LogP contribution in [0.2, 0.25) is 0 Å². The van der Waals surface area contributed by atoms with Gasteiger partial charge in [-0.1, -0.05) is 0 Å². The number of methoxy groups -OCH3 is 1. The largest absolute Gasteiger partial charge is 0.481 e. The van der Waals surface area contributed by atoms with Gasteiger partial charge in [-0.05, 0) is 50.3 Å². The first-order valence-electron chi connectivity index (χ1n) is 13.4. The van der Waals surface area contributed by atoms with Gasteiger partial charge in [-0.25, -0.2) is 14.4 Å². The van der Waals surface area contributed by atoms with Crippen molar-refractivity contribution in [3.8, 4) is 23.2 Å². The molecule has 1 saturated carbocycles. The van der Waals surface area contributed by atoms with Crippen LogP contribution in [-0.4, -0.2) is 75.2 Å². The summed E-state index contributed by atoms with van der Waals surface area (Å²) < 4.78 is 19.5. The van der Waals surface area contributed by atoms with E-state index in [0.717, 1.165) is 37.8 Å². The van der Waals surface area contributed by atoms with Crippen LogP contribution >= 0.6 is 0 Å². The number of carbonyl (C=O) groups excluding carboxylic acids is 2. The number of aromatic nitrogens is 4. The van der Waals surface area contributed by atoms with Gasteiger partial charge in [0.05, 0.1) is 24.6 Å². The maximum Gasteiger partial charge on any atom is 0.274 e. The van der Waals surface area contributed by atoms with Crippen LogP contribution in [0.3, 0.4) is 0 Å². The number of ether oxygens (including phenoxy) is 1. The van der Waals surface area contributed by atoms with E-state index in [4.69, 9.17) is 10.00 Å². The van der Waals surface area contributed by atoms with Crippen molar-refractivity contribution in [3.63, 3.8) is 0 Å². The fourth-order valence-corrected chi connectivity index (χ4v) is 5.84. The zero-order valence-electron chi connectivity index (χ0n) is 22.1. The Hall–Kier alpha value is -4.53. The van der Waals surface area contributed by atoms with Crippen LogP contribution in [0, 0.1) is 23.1 Å². The molecular formula is C28H29FN8O3. The normalized spacial score (nSPS) is 21.2. The first kappa shape index (κ1) is 25.7. The average Bonchev–Trinajstić information content (AvgIpc) is 3.35. The molecule has 3 aromatic rings. The quantitative estimate of drug-likeness (QED) is 0.483. The molecule has 0 unspecified atom stereocenters. The number of halogens is 1. The molecule has 1 spiro atoms. The van der Waals surface area contributed by atoms with Gasteiger partial charge in [0, 0.05) is 55.0 Å². The summed E-state index contributed by atoms with van der Waals surface area (Å²) in [6.45, 7) is 1.91. The predicted molar refractivity (Wildman–Crippen MR) is 142 cm³/mol. The summed E-state index contributed by atoms with van der Waals surface area (Å²) in [6.07, 6.45) is 6.32. The molecule has 12 heteroatoms. The van der Waals surface area contributed by atoms with Crippen molar-refractivity contribution < 1.29 is 18.7 Å². The highest BCUT2D eigenvalue weighted by atomic mass is 19.1. The van der Waals surface area contributed by atoms with E-state index < -0.39 is 5.82 Å². The molecule has 0 radical (unpaired) electrons. The van der Waals surface area contributed by atoms with E-state index in [1.165, 1.54) is 13.2 Å². The third-order valence-electron chi connectivity index (χ3n) is 8.21. The van der Waals surface area contributed by atoms with Crippen LogP contribution < -0.4 is 15.0 Å². The number of pyridine rings is 2. The first-order valence-corrected chi connectivity index (χ1v) is 13.4. The van der Waals surface area contributed by atoms with Gasteiger partial charge in [-0.2, -0.15) is 10.4 Å². The summed E-state index contributed by atoms with van der Waals surface area (Å²) in [5.41, 5.74) is 0.970. The minimum Gasteiger partial charge on any atom is -0.481 e. The molecule has 1 aliphatic carbocycles. The van der Waals surface area contributed by atoms with Gasteiger partial charge in [0.1, 0.15) is 11.9 Å². The van der Waals surface area contributed by atoms with E-state index in [1.54, 1.807) is 18.3 Å². The lowest BCUT2D eigenvalue weighted by Gasteiger charge is -2.39. The number of H-pyrrole nitrogens is 1. The lowest BCUT2D eigenvalue weighted by molar-refractivity contribution is -0.127. The molecule has 5 heterocycles. The smallest absolute Gasteiger partial charge is 0.274 e. The van der Waals surface area contributed by atoms with E-state index in [0.29, 0.717) is 37.2 Å². The number of hydrogen-bond donors (Lipinski definition) is 2. The standard InChI is InChI=1S/C28H29FN8O3/c1-40-25-10-20(21(29)15-32-25)22-11-23(35-34-22)27(39)37-9-4-18(12-28(37)6-7-28)26(38)33-19-5-8-36(16-19)24-3-2-17(13-30)14-31-24/h2-3,10-11,14-15,18-19H,4-9,12,16H2,1H3,(H,33,38)(H,34,35)/t18-,19+/m0/s1. The fourth-order valence-electron chi connectivity index (χ4n) is 5.84. The third kappa shape index (κ3) is 4.83. The second-order valence-corrected chi connectivity index (χ2v) is 10.7. The number of likely N-dealkylation sites (tertiary alicyclic amines) is 1. The number of aromatic amines is 1. The van der Waals surface area contributed by atoms with Gasteiger partial charge in [-0.15, -0.1) is 0 Å². The number of hydrogen-bond acceptors (Lipinski definition) is 8. The van der Waals surface area contributed by atoms with Crippen LogP contribution in [0.5, 0.6) is 5.88 Å². The lowest BCUT2D eigenvalue weighted by atomic mass is 9.87. The van der Waals surface area contributed by atoms with E-state index in [1.807, 2.05) is 11.0 Å². The summed E-state index contributed by atoms with van der Waals surface area (Å²) in [4.78, 5) is 38.9. The Labute approximate surface area is 230 Å². The average molecular weight is 545 g/mol. The molecule has 3 aliphatic rings. The zero-order chi connectivity index (χ0) is 27.9. The zero-order valence-corrected chi connectivity index (χ0v) is 22.1. The first-order chi connectivity index (χ1) is 19.4. The Kier molecular flexibility index (Phi) is 6.57. The number of carbonyl (C=O) groups is 2. The topological polar surface area (TPSA) is 140 Å². The highest BCUT2D eigenvalue weighted by Gasteiger charge is 2.54. The number of nitrogens with zero attached hydrogens (tertiary/aromatic N) is 6. The Morgan fingerprint density at radius 2 is 2.05 bits per heavy atom. The molecule has 0 aromatic carbocycles. The van der Waals surface area contributed by atoms with Gasteiger partial charge in [-0.3, -0.25) is 14.7 Å². The van der Waals surface area contributed by atoms with Crippen molar-refractivity contribution in [1.29, 1.82) is 5.26 Å². The minimum atomic E-state index is -0.549. The minimum absolute atomic E-state index is 0.0226. The fraction of sp³-hybridized carbons (Fsp3) is 0.429. The number of nitriles is 1. The molecule has 3 fully saturated rings. The van der Waals surface area contributed by atoms with Crippen LogP contribution in [-0.2, 0) is 4.79 Å². The number of rotatable bonds is 6. The Balaban J connectivity index is 1.07. The molecule has 2 atom stereocenters. The molecule has 2 N–H and O–H groups in total. The molecule has 11 nitrogen and oxygen atoms in total. The van der Waals surface area contributed by atoms with Crippen molar-refractivity contribution >= 4 is 17.6 Å². The Morgan fingerprint density at radius 3 is 2.77 bits per heavy atom. The maximum atomic E-state index is 14.4. The molecule has 2 amide bonds. The summed E-state index contributed by atoms with van der Waals surface area (Å²) >= 11 is 0. The van der Waals surface area contributed by atoms with Crippen molar-refractivity contribution in [1.82, 2.24) is 30.4 Å². The molecule has 2 saturated heterocycles. The van der Waals surface area contributed by atoms with E-state index in [2.05, 4.69) is 36.5 Å². The molecule has 2 aliphatic heterocycles. The van der Waals surface area contributed by atoms with Gasteiger partial charge < -0.3 is 19.9 Å². The number of amides is 2. The monoisotopic (exact) mass is 544 g/mol. The molecule has 6 rings (SSSR count). The van der Waals surface area contributed by atoms with Gasteiger partial charge >= 0.3 is 0 Å². The van der Waals surface area contributed by atoms with E-state index in [-0.39, 0.29) is 46.5 Å². The second-order valence-electron chi connectivity index (χ2n) is 10.7. The molecule has 206 valence electrons. The number of anilines is 1. The van der Waals surface area contributed by atoms with Crippen molar-refractivity contribution in [3.05, 3.63) is 53.7 Å². The predicted octanol–water partition coefficient (Wildman–Crippen LogP) is 2.67. The second kappa shape index (κ2) is 10.2. The SMILES string of the molecule is COc1cc(-c2cc(C(=O)N3CC[C@H](C(=O)N[C@@H]4CCN(c5ccc(C#N)cn5)C4)CC34CC4)n[nH]2)c(F)cn1. The summed E-state index contributed by atoms with van der Waals surface area (Å²) in [7, 11) is 1.45. The molecular weight excluding hydrogens is 515 g/mol. The molecule has 0 bridgehead atoms. The summed E-state index contributed by atoms with van der Waals surface area (Å²) in [5.74, 6) is 0.150. The van der Waals surface area contributed by atoms with E-state index >= 15 is 0 Å². The summed E-state index contributed by atoms with van der Waals surface area (Å²) in [5, 5.41) is 19.1. The van der Waals surface area contributed by atoms with Crippen LogP contribution in [0.25, 0.3) is 11.3 Å². The lowest BCUT2D eigenvalue weighted by Crippen LogP contribution is -2.52. The highest BCUT2D eigenvalue weighted by molar-refractivity contribution is 5.94. The number of piperidine rings is 1. The van der Waals surface area contributed by atoms with Crippen LogP contribution in [0.4, 0.5) is 10.2 Å². The third-order valence-corrected chi connectivity index (χ3v) is 8.21. The Morgan fingerprint density at radius 1 is 1.20 bits per heavy atom. The van der Waals surface area contributed by atoms with Crippen molar-refractivity contribution in [2.75, 3.05) is 31.6 Å². The van der Waals surface area contributed by atoms with Crippen LogP contribution in [0.1, 0.15) is 48.2 Å². The Bertz CT molecular complexity index is 1480. The van der Waals surface area contributed by atoms with Crippen molar-refractivity contribution in [2.24, 2.45) is 5.92 Å². The number of nitrogens with one attached hydrogen (secondary N) is 2. The summed E-state index contributed by atoms with van der Waals surface area (Å²) in [6, 6.07) is 8.67. The van der Waals surface area contributed by atoms with Crippen molar-refractivity contribution in [2.45, 2.75) is 43.7 Å². The molecule has 40 heavy (non-hydrogen) atoms. The van der Waals surface area contributed by atoms with Crippen LogP contribution in [0.15, 0.2) is 36.7 Å². The molecule has 3 aromatic heterocycles. The van der Waals surface area contributed by atoms with Gasteiger partial charge in [0.25, 0.3) is 5.91 Å². The van der Waals surface area contributed by atoms with Gasteiger partial charge in [0.2, 0.25) is 11.8 Å². The van der Waals surface area contributed by atoms with Gasteiger partial charge in [0.15, 0.2) is 11.5 Å². The van der Waals surface area contributed by atoms with E-state index in [9.17, 15) is 14.0 Å².